The lowest BCUT2D eigenvalue weighted by molar-refractivity contribution is -0.953. The minimum absolute atomic E-state index is 1.10. The lowest BCUT2D eigenvalue weighted by Gasteiger charge is -2.39. The highest BCUT2D eigenvalue weighted by molar-refractivity contribution is 5.15. The molecule has 0 aromatic heterocycles. The van der Waals surface area contributed by atoms with Crippen molar-refractivity contribution in [3.05, 3.63) is 96.1 Å². The van der Waals surface area contributed by atoms with Crippen molar-refractivity contribution in [2.75, 3.05) is 13.1 Å². The molecule has 0 aliphatic carbocycles. The summed E-state index contributed by atoms with van der Waals surface area (Å²) in [6.07, 6.45) is 16.7. The molecule has 2 aromatic rings. The summed E-state index contributed by atoms with van der Waals surface area (Å²) >= 11 is 0. The van der Waals surface area contributed by atoms with Gasteiger partial charge in [0.15, 0.2) is 0 Å². The van der Waals surface area contributed by atoms with E-state index in [0.29, 0.717) is 0 Å². The Morgan fingerprint density at radius 1 is 0.552 bits per heavy atom. The highest BCUT2D eigenvalue weighted by atomic mass is 15.3. The van der Waals surface area contributed by atoms with Crippen LogP contribution in [0.2, 0.25) is 0 Å². The predicted octanol–water partition coefficient (Wildman–Crippen LogP) is 7.70. The number of unbranched alkanes of at least 4 members (excludes halogenated alkanes) is 2. The molecule has 2 rings (SSSR count). The van der Waals surface area contributed by atoms with E-state index in [1.165, 1.54) is 49.9 Å². The van der Waals surface area contributed by atoms with Gasteiger partial charge in [0, 0.05) is 24.0 Å². The number of benzene rings is 2. The van der Waals surface area contributed by atoms with Crippen molar-refractivity contribution in [2.24, 2.45) is 0 Å². The van der Waals surface area contributed by atoms with Crippen molar-refractivity contribution in [1.29, 1.82) is 0 Å². The Morgan fingerprint density at radius 2 is 0.931 bits per heavy atom. The van der Waals surface area contributed by atoms with Crippen molar-refractivity contribution in [3.63, 3.8) is 0 Å². The third-order valence-electron chi connectivity index (χ3n) is 5.51. The first-order valence-corrected chi connectivity index (χ1v) is 11.5. The quantitative estimate of drug-likeness (QED) is 0.229. The van der Waals surface area contributed by atoms with Crippen LogP contribution in [0.4, 0.5) is 0 Å². The lowest BCUT2D eigenvalue weighted by Crippen LogP contribution is -2.47. The largest absolute Gasteiger partial charge is 0.316 e. The molecule has 2 aromatic carbocycles. The van der Waals surface area contributed by atoms with E-state index in [1.54, 1.807) is 0 Å². The summed E-state index contributed by atoms with van der Waals surface area (Å²) in [7, 11) is 0. The van der Waals surface area contributed by atoms with E-state index in [9.17, 15) is 0 Å². The van der Waals surface area contributed by atoms with Crippen LogP contribution in [0.1, 0.15) is 63.5 Å². The fourth-order valence-corrected chi connectivity index (χ4v) is 3.93. The van der Waals surface area contributed by atoms with E-state index in [4.69, 9.17) is 0 Å². The van der Waals surface area contributed by atoms with E-state index < -0.39 is 0 Å². The Morgan fingerprint density at radius 3 is 1.31 bits per heavy atom. The number of rotatable bonds is 14. The van der Waals surface area contributed by atoms with Crippen LogP contribution < -0.4 is 0 Å². The Labute approximate surface area is 179 Å². The van der Waals surface area contributed by atoms with E-state index in [0.717, 1.165) is 30.4 Å². The third kappa shape index (κ3) is 9.28. The summed E-state index contributed by atoms with van der Waals surface area (Å²) in [5.74, 6) is 0. The van der Waals surface area contributed by atoms with Crippen LogP contribution in [-0.4, -0.2) is 17.6 Å². The van der Waals surface area contributed by atoms with Gasteiger partial charge in [-0.1, -0.05) is 112 Å². The molecule has 0 aliphatic heterocycles. The molecule has 156 valence electrons. The molecular weight excluding hydrogens is 350 g/mol. The zero-order valence-corrected chi connectivity index (χ0v) is 18.6. The highest BCUT2D eigenvalue weighted by Crippen LogP contribution is 2.22. The normalized spacial score (nSPS) is 12.2. The molecule has 0 fully saturated rings. The second-order valence-electron chi connectivity index (χ2n) is 8.17. The standard InChI is InChI=1S/C28H40N/c1-3-5-7-9-17-23-29(24-18-10-8-6-4-2,25-27-19-13-11-14-20-27)26-28-21-15-12-16-22-28/h7-16,19-22H,3-6,17-18,23-26H2,1-2H3/q+1/b9-7+,10-8+. The average molecular weight is 391 g/mol. The molecule has 0 saturated heterocycles. The van der Waals surface area contributed by atoms with E-state index in [2.05, 4.69) is 98.8 Å². The Bertz CT molecular complexity index is 636. The summed E-state index contributed by atoms with van der Waals surface area (Å²) in [6, 6.07) is 22.1. The highest BCUT2D eigenvalue weighted by Gasteiger charge is 2.27. The van der Waals surface area contributed by atoms with Gasteiger partial charge in [0.05, 0.1) is 13.1 Å². The van der Waals surface area contributed by atoms with Gasteiger partial charge < -0.3 is 4.48 Å². The van der Waals surface area contributed by atoms with Crippen molar-refractivity contribution >= 4 is 0 Å². The minimum atomic E-state index is 1.10. The summed E-state index contributed by atoms with van der Waals surface area (Å²) in [4.78, 5) is 0. The van der Waals surface area contributed by atoms with Gasteiger partial charge in [0.1, 0.15) is 13.1 Å². The predicted molar refractivity (Wildman–Crippen MR) is 128 cm³/mol. The Kier molecular flexibility index (Phi) is 11.1. The van der Waals surface area contributed by atoms with Gasteiger partial charge in [-0.3, -0.25) is 0 Å². The van der Waals surface area contributed by atoms with Crippen molar-refractivity contribution in [2.45, 2.75) is 65.5 Å². The molecule has 0 spiro atoms. The van der Waals surface area contributed by atoms with Crippen LogP contribution >= 0.6 is 0 Å². The molecular formula is C28H40N+. The molecule has 0 N–H and O–H groups in total. The molecule has 0 radical (unpaired) electrons. The smallest absolute Gasteiger partial charge is 0.105 e. The van der Waals surface area contributed by atoms with Crippen molar-refractivity contribution in [1.82, 2.24) is 0 Å². The molecule has 0 bridgehead atoms. The average Bonchev–Trinajstić information content (AvgIpc) is 2.75. The first-order valence-electron chi connectivity index (χ1n) is 11.5. The molecule has 0 unspecified atom stereocenters. The summed E-state index contributed by atoms with van der Waals surface area (Å²) in [6.45, 7) is 9.06. The van der Waals surface area contributed by atoms with Gasteiger partial charge in [-0.15, -0.1) is 0 Å². The second kappa shape index (κ2) is 14.0. The molecule has 0 heterocycles. The molecule has 1 nitrogen and oxygen atoms in total. The van der Waals surface area contributed by atoms with Gasteiger partial charge in [0.2, 0.25) is 0 Å². The fourth-order valence-electron chi connectivity index (χ4n) is 3.93. The summed E-state index contributed by atoms with van der Waals surface area (Å²) in [5, 5.41) is 0. The third-order valence-corrected chi connectivity index (χ3v) is 5.51. The van der Waals surface area contributed by atoms with E-state index >= 15 is 0 Å². The number of hydrogen-bond acceptors (Lipinski definition) is 0. The maximum absolute atomic E-state index is 2.40. The first kappa shape index (κ1) is 23.2. The zero-order valence-electron chi connectivity index (χ0n) is 18.6. The lowest BCUT2D eigenvalue weighted by atomic mass is 10.1. The summed E-state index contributed by atoms with van der Waals surface area (Å²) < 4.78 is 1.11. The van der Waals surface area contributed by atoms with Crippen LogP contribution in [0.25, 0.3) is 0 Å². The van der Waals surface area contributed by atoms with E-state index in [1.807, 2.05) is 0 Å². The maximum Gasteiger partial charge on any atom is 0.105 e. The fraction of sp³-hybridized carbons (Fsp3) is 0.429. The SMILES string of the molecule is CCC/C=C/CC[N+](CC/C=C/CCC)(Cc1ccccc1)Cc1ccccc1. The zero-order chi connectivity index (χ0) is 20.6. The van der Waals surface area contributed by atoms with Gasteiger partial charge in [0.25, 0.3) is 0 Å². The number of quaternary nitrogens is 1. The van der Waals surface area contributed by atoms with Crippen LogP contribution in [0.15, 0.2) is 85.0 Å². The van der Waals surface area contributed by atoms with Crippen LogP contribution in [0.5, 0.6) is 0 Å². The maximum atomic E-state index is 2.40. The van der Waals surface area contributed by atoms with Gasteiger partial charge in [-0.05, 0) is 12.8 Å². The molecule has 0 atom stereocenters. The molecule has 0 aliphatic rings. The number of nitrogens with zero attached hydrogens (tertiary/aromatic N) is 1. The Hall–Kier alpha value is -2.12. The first-order chi connectivity index (χ1) is 14.3. The molecule has 29 heavy (non-hydrogen) atoms. The molecule has 0 saturated carbocycles. The monoisotopic (exact) mass is 390 g/mol. The molecule has 1 heteroatoms. The van der Waals surface area contributed by atoms with Gasteiger partial charge >= 0.3 is 0 Å². The van der Waals surface area contributed by atoms with Crippen molar-refractivity contribution in [3.8, 4) is 0 Å². The number of allylic oxidation sites excluding steroid dienone is 2. The van der Waals surface area contributed by atoms with Crippen LogP contribution in [0, 0.1) is 0 Å². The van der Waals surface area contributed by atoms with E-state index in [-0.39, 0.29) is 0 Å². The second-order valence-corrected chi connectivity index (χ2v) is 8.17. The topological polar surface area (TPSA) is 0 Å². The minimum Gasteiger partial charge on any atom is -0.316 e. The molecule has 0 amide bonds. The summed E-state index contributed by atoms with van der Waals surface area (Å²) in [5.41, 5.74) is 2.89. The van der Waals surface area contributed by atoms with Gasteiger partial charge in [-0.25, -0.2) is 0 Å². The van der Waals surface area contributed by atoms with Crippen LogP contribution in [-0.2, 0) is 13.1 Å². The van der Waals surface area contributed by atoms with Crippen LogP contribution in [0.3, 0.4) is 0 Å². The Balaban J connectivity index is 2.21. The van der Waals surface area contributed by atoms with Gasteiger partial charge in [-0.2, -0.15) is 0 Å². The number of hydrogen-bond donors (Lipinski definition) is 0. The van der Waals surface area contributed by atoms with Crippen molar-refractivity contribution < 1.29 is 4.48 Å².